The second-order valence-electron chi connectivity index (χ2n) is 3.48. The number of aliphatic hydroxyl groups is 1. The Bertz CT molecular complexity index is 379. The molecular formula is C11H12F2O3. The van der Waals surface area contributed by atoms with Crippen LogP contribution in [0.4, 0.5) is 8.78 Å². The first-order chi connectivity index (χ1) is 7.45. The molecule has 0 heterocycles. The molecule has 1 N–H and O–H groups in total. The van der Waals surface area contributed by atoms with Crippen LogP contribution in [0, 0.1) is 11.6 Å². The Morgan fingerprint density at radius 2 is 1.94 bits per heavy atom. The van der Waals surface area contributed by atoms with E-state index in [9.17, 15) is 13.6 Å². The third kappa shape index (κ3) is 2.76. The minimum absolute atomic E-state index is 0.120. The summed E-state index contributed by atoms with van der Waals surface area (Å²) >= 11 is 0. The third-order valence-corrected chi connectivity index (χ3v) is 2.02. The van der Waals surface area contributed by atoms with Gasteiger partial charge in [0.25, 0.3) is 0 Å². The van der Waals surface area contributed by atoms with Crippen LogP contribution in [0.2, 0.25) is 0 Å². The average molecular weight is 230 g/mol. The molecule has 0 spiro atoms. The van der Waals surface area contributed by atoms with Gasteiger partial charge in [-0.3, -0.25) is 0 Å². The van der Waals surface area contributed by atoms with Crippen molar-refractivity contribution < 1.29 is 23.4 Å². The van der Waals surface area contributed by atoms with Crippen LogP contribution >= 0.6 is 0 Å². The lowest BCUT2D eigenvalue weighted by Crippen LogP contribution is -2.11. The number of ether oxygens (including phenoxy) is 1. The molecule has 0 aliphatic carbocycles. The molecule has 1 aromatic rings. The summed E-state index contributed by atoms with van der Waals surface area (Å²) in [4.78, 5) is 11.0. The number of methoxy groups -OCH3 is 1. The van der Waals surface area contributed by atoms with Crippen molar-refractivity contribution in [1.29, 1.82) is 0 Å². The first-order valence-electron chi connectivity index (χ1n) is 4.70. The first kappa shape index (κ1) is 12.6. The second kappa shape index (κ2) is 5.03. The summed E-state index contributed by atoms with van der Waals surface area (Å²) in [7, 11) is 1.05. The summed E-state index contributed by atoms with van der Waals surface area (Å²) in [5.74, 6) is -3.02. The third-order valence-electron chi connectivity index (χ3n) is 2.02. The maximum absolute atomic E-state index is 13.4. The van der Waals surface area contributed by atoms with E-state index in [1.54, 1.807) is 0 Å². The minimum atomic E-state index is -1.06. The quantitative estimate of drug-likeness (QED) is 0.803. The van der Waals surface area contributed by atoms with Crippen molar-refractivity contribution >= 4 is 5.97 Å². The van der Waals surface area contributed by atoms with E-state index >= 15 is 0 Å². The Labute approximate surface area is 91.7 Å². The number of halogens is 2. The van der Waals surface area contributed by atoms with E-state index in [2.05, 4.69) is 4.74 Å². The predicted octanol–water partition coefficient (Wildman–Crippen LogP) is 1.67. The Kier molecular flexibility index (Phi) is 3.95. The Morgan fingerprint density at radius 1 is 1.44 bits per heavy atom. The number of carbonyl (C=O) groups excluding carboxylic acids is 1. The van der Waals surface area contributed by atoms with Crippen LogP contribution in [-0.2, 0) is 11.2 Å². The molecule has 0 bridgehead atoms. The smallest absolute Gasteiger partial charge is 0.343 e. The average Bonchev–Trinajstić information content (AvgIpc) is 2.15. The zero-order chi connectivity index (χ0) is 12.3. The fourth-order valence-corrected chi connectivity index (χ4v) is 1.38. The number of hydrogen-bond acceptors (Lipinski definition) is 3. The molecule has 0 saturated heterocycles. The van der Waals surface area contributed by atoms with Gasteiger partial charge < -0.3 is 9.84 Å². The van der Waals surface area contributed by atoms with Gasteiger partial charge in [0.05, 0.1) is 13.2 Å². The van der Waals surface area contributed by atoms with Gasteiger partial charge in [0.15, 0.2) is 0 Å². The summed E-state index contributed by atoms with van der Waals surface area (Å²) < 4.78 is 31.0. The van der Waals surface area contributed by atoms with Gasteiger partial charge in [0.2, 0.25) is 0 Å². The summed E-state index contributed by atoms with van der Waals surface area (Å²) in [6.45, 7) is 1.50. The van der Waals surface area contributed by atoms with Crippen molar-refractivity contribution in [1.82, 2.24) is 0 Å². The zero-order valence-corrected chi connectivity index (χ0v) is 8.96. The van der Waals surface area contributed by atoms with Crippen LogP contribution in [0.1, 0.15) is 22.8 Å². The SMILES string of the molecule is COC(=O)c1c(F)cc(CC(C)O)cc1F. The Balaban J connectivity index is 3.12. The lowest BCUT2D eigenvalue weighted by atomic mass is 10.1. The van der Waals surface area contributed by atoms with Crippen LogP contribution in [0.5, 0.6) is 0 Å². The van der Waals surface area contributed by atoms with E-state index in [0.29, 0.717) is 0 Å². The summed E-state index contributed by atoms with van der Waals surface area (Å²) in [6.07, 6.45) is -0.585. The molecule has 3 nitrogen and oxygen atoms in total. The highest BCUT2D eigenvalue weighted by molar-refractivity contribution is 5.90. The molecule has 0 fully saturated rings. The lowest BCUT2D eigenvalue weighted by molar-refractivity contribution is 0.0590. The van der Waals surface area contributed by atoms with Crippen LogP contribution in [0.3, 0.4) is 0 Å². The standard InChI is InChI=1S/C11H12F2O3/c1-6(14)3-7-4-8(12)10(9(13)5-7)11(15)16-2/h4-6,14H,3H2,1-2H3. The van der Waals surface area contributed by atoms with Crippen molar-refractivity contribution in [2.75, 3.05) is 7.11 Å². The Morgan fingerprint density at radius 3 is 2.31 bits per heavy atom. The molecule has 0 saturated carbocycles. The van der Waals surface area contributed by atoms with E-state index in [1.807, 2.05) is 0 Å². The second-order valence-corrected chi connectivity index (χ2v) is 3.48. The normalized spacial score (nSPS) is 12.3. The highest BCUT2D eigenvalue weighted by Crippen LogP contribution is 2.17. The summed E-state index contributed by atoms with van der Waals surface area (Å²) in [5, 5.41) is 9.08. The molecular weight excluding hydrogens is 218 g/mol. The van der Waals surface area contributed by atoms with Gasteiger partial charge >= 0.3 is 5.97 Å². The Hall–Kier alpha value is -1.49. The number of esters is 1. The number of rotatable bonds is 3. The van der Waals surface area contributed by atoms with Gasteiger partial charge in [-0.05, 0) is 31.0 Å². The van der Waals surface area contributed by atoms with Crippen LogP contribution in [0.25, 0.3) is 0 Å². The molecule has 1 rings (SSSR count). The first-order valence-corrected chi connectivity index (χ1v) is 4.70. The fourth-order valence-electron chi connectivity index (χ4n) is 1.38. The molecule has 1 unspecified atom stereocenters. The van der Waals surface area contributed by atoms with E-state index in [0.717, 1.165) is 19.2 Å². The number of benzene rings is 1. The van der Waals surface area contributed by atoms with Crippen LogP contribution in [-0.4, -0.2) is 24.3 Å². The minimum Gasteiger partial charge on any atom is -0.465 e. The van der Waals surface area contributed by atoms with E-state index in [4.69, 9.17) is 5.11 Å². The molecule has 1 aromatic carbocycles. The monoisotopic (exact) mass is 230 g/mol. The molecule has 0 radical (unpaired) electrons. The number of hydrogen-bond donors (Lipinski definition) is 1. The van der Waals surface area contributed by atoms with Gasteiger partial charge in [0, 0.05) is 0 Å². The van der Waals surface area contributed by atoms with Crippen molar-refractivity contribution in [2.24, 2.45) is 0 Å². The van der Waals surface area contributed by atoms with Gasteiger partial charge in [0.1, 0.15) is 17.2 Å². The summed E-state index contributed by atoms with van der Waals surface area (Å²) in [5.41, 5.74) is -0.422. The highest BCUT2D eigenvalue weighted by atomic mass is 19.1. The predicted molar refractivity (Wildman–Crippen MR) is 53.1 cm³/mol. The fraction of sp³-hybridized carbons (Fsp3) is 0.364. The van der Waals surface area contributed by atoms with Gasteiger partial charge in [-0.15, -0.1) is 0 Å². The molecule has 0 aromatic heterocycles. The largest absolute Gasteiger partial charge is 0.465 e. The van der Waals surface area contributed by atoms with Gasteiger partial charge in [-0.2, -0.15) is 0 Å². The summed E-state index contributed by atoms with van der Waals surface area (Å²) in [6, 6.07) is 2.03. The van der Waals surface area contributed by atoms with Crippen molar-refractivity contribution in [2.45, 2.75) is 19.4 Å². The molecule has 0 aliphatic rings. The molecule has 0 amide bonds. The maximum atomic E-state index is 13.4. The van der Waals surface area contributed by atoms with Gasteiger partial charge in [-0.1, -0.05) is 0 Å². The van der Waals surface area contributed by atoms with E-state index in [1.165, 1.54) is 6.92 Å². The van der Waals surface area contributed by atoms with Crippen molar-refractivity contribution in [3.8, 4) is 0 Å². The highest BCUT2D eigenvalue weighted by Gasteiger charge is 2.19. The topological polar surface area (TPSA) is 46.5 Å². The lowest BCUT2D eigenvalue weighted by Gasteiger charge is -2.08. The molecule has 88 valence electrons. The maximum Gasteiger partial charge on any atom is 0.343 e. The van der Waals surface area contributed by atoms with E-state index in [-0.39, 0.29) is 12.0 Å². The van der Waals surface area contributed by atoms with Crippen LogP contribution in [0.15, 0.2) is 12.1 Å². The van der Waals surface area contributed by atoms with Crippen molar-refractivity contribution in [3.05, 3.63) is 34.9 Å². The molecule has 5 heteroatoms. The zero-order valence-electron chi connectivity index (χ0n) is 8.96. The molecule has 0 aliphatic heterocycles. The molecule has 16 heavy (non-hydrogen) atoms. The van der Waals surface area contributed by atoms with Crippen LogP contribution < -0.4 is 0 Å². The number of carbonyl (C=O) groups is 1. The van der Waals surface area contributed by atoms with Crippen molar-refractivity contribution in [3.63, 3.8) is 0 Å². The van der Waals surface area contributed by atoms with Gasteiger partial charge in [-0.25, -0.2) is 13.6 Å². The molecule has 1 atom stereocenters. The van der Waals surface area contributed by atoms with E-state index < -0.39 is 29.3 Å². The number of aliphatic hydroxyl groups excluding tert-OH is 1.